The number of furan rings is 1. The van der Waals surface area contributed by atoms with Gasteiger partial charge in [-0.15, -0.1) is 0 Å². The molecule has 1 aliphatic carbocycles. The van der Waals surface area contributed by atoms with E-state index in [-0.39, 0.29) is 6.04 Å². The molecule has 2 nitrogen and oxygen atoms in total. The van der Waals surface area contributed by atoms with Gasteiger partial charge in [0.2, 0.25) is 0 Å². The number of hydrogen-bond donors (Lipinski definition) is 1. The number of nitrogens with two attached hydrogens (primary N) is 1. The van der Waals surface area contributed by atoms with Crippen molar-refractivity contribution >= 4 is 11.6 Å². The summed E-state index contributed by atoms with van der Waals surface area (Å²) in [6.07, 6.45) is 3.67. The summed E-state index contributed by atoms with van der Waals surface area (Å²) >= 11 is 5.63. The summed E-state index contributed by atoms with van der Waals surface area (Å²) in [6.45, 7) is 0. The fourth-order valence-corrected chi connectivity index (χ4v) is 1.51. The third-order valence-electron chi connectivity index (χ3n) is 2.24. The Labute approximate surface area is 76.7 Å². The van der Waals surface area contributed by atoms with Crippen LogP contribution in [0.1, 0.15) is 31.1 Å². The smallest absolute Gasteiger partial charge is 0.193 e. The molecule has 0 aromatic carbocycles. The molecular weight excluding hydrogens is 174 g/mol. The molecule has 0 spiro atoms. The Balaban J connectivity index is 1.97. The van der Waals surface area contributed by atoms with Crippen molar-refractivity contribution < 1.29 is 4.42 Å². The van der Waals surface area contributed by atoms with Crippen LogP contribution in [-0.4, -0.2) is 0 Å². The third-order valence-corrected chi connectivity index (χ3v) is 2.45. The lowest BCUT2D eigenvalue weighted by Gasteiger charge is -2.06. The maximum Gasteiger partial charge on any atom is 0.193 e. The van der Waals surface area contributed by atoms with Crippen molar-refractivity contribution in [3.05, 3.63) is 23.1 Å². The first-order valence-electron chi connectivity index (χ1n) is 4.26. The Kier molecular flexibility index (Phi) is 2.11. The van der Waals surface area contributed by atoms with Gasteiger partial charge in [-0.1, -0.05) is 12.8 Å². The quantitative estimate of drug-likeness (QED) is 0.787. The van der Waals surface area contributed by atoms with Gasteiger partial charge in [0.15, 0.2) is 5.22 Å². The van der Waals surface area contributed by atoms with E-state index < -0.39 is 0 Å². The fourth-order valence-electron chi connectivity index (χ4n) is 1.36. The standard InChI is InChI=1S/C9H12ClNO/c10-9-4-3-8(12-9)7(11)5-6-1-2-6/h3-4,6-7H,1-2,5,11H2/t7-/m0/s1. The van der Waals surface area contributed by atoms with Crippen molar-refractivity contribution in [3.63, 3.8) is 0 Å². The summed E-state index contributed by atoms with van der Waals surface area (Å²) in [5.74, 6) is 1.63. The second-order valence-electron chi connectivity index (χ2n) is 3.43. The van der Waals surface area contributed by atoms with Crippen LogP contribution in [0.4, 0.5) is 0 Å². The van der Waals surface area contributed by atoms with Crippen LogP contribution in [0.5, 0.6) is 0 Å². The zero-order chi connectivity index (χ0) is 8.55. The van der Waals surface area contributed by atoms with E-state index in [4.69, 9.17) is 21.8 Å². The van der Waals surface area contributed by atoms with Crippen LogP contribution in [0.2, 0.25) is 5.22 Å². The number of halogens is 1. The topological polar surface area (TPSA) is 39.2 Å². The van der Waals surface area contributed by atoms with E-state index in [9.17, 15) is 0 Å². The summed E-state index contributed by atoms with van der Waals surface area (Å²) in [6, 6.07) is 3.63. The van der Waals surface area contributed by atoms with Gasteiger partial charge >= 0.3 is 0 Å². The monoisotopic (exact) mass is 185 g/mol. The predicted octanol–water partition coefficient (Wildman–Crippen LogP) is 2.73. The predicted molar refractivity (Wildman–Crippen MR) is 48.0 cm³/mol. The van der Waals surface area contributed by atoms with Gasteiger partial charge in [-0.3, -0.25) is 0 Å². The van der Waals surface area contributed by atoms with Crippen molar-refractivity contribution in [2.75, 3.05) is 0 Å². The molecule has 0 amide bonds. The molecule has 0 unspecified atom stereocenters. The van der Waals surface area contributed by atoms with Crippen molar-refractivity contribution in [2.24, 2.45) is 11.7 Å². The molecular formula is C9H12ClNO. The molecule has 2 N–H and O–H groups in total. The van der Waals surface area contributed by atoms with Gasteiger partial charge < -0.3 is 10.2 Å². The molecule has 1 heterocycles. The van der Waals surface area contributed by atoms with Crippen LogP contribution >= 0.6 is 11.6 Å². The summed E-state index contributed by atoms with van der Waals surface area (Å²) in [5, 5.41) is 0.427. The van der Waals surface area contributed by atoms with E-state index in [1.54, 1.807) is 6.07 Å². The second-order valence-corrected chi connectivity index (χ2v) is 3.80. The summed E-state index contributed by atoms with van der Waals surface area (Å²) in [4.78, 5) is 0. The highest BCUT2D eigenvalue weighted by molar-refractivity contribution is 6.28. The van der Waals surface area contributed by atoms with Crippen LogP contribution < -0.4 is 5.73 Å². The third kappa shape index (κ3) is 1.82. The van der Waals surface area contributed by atoms with Gasteiger partial charge in [0.1, 0.15) is 5.76 Å². The van der Waals surface area contributed by atoms with Crippen molar-refractivity contribution in [3.8, 4) is 0 Å². The molecule has 66 valence electrons. The van der Waals surface area contributed by atoms with Crippen molar-refractivity contribution in [1.29, 1.82) is 0 Å². The number of hydrogen-bond acceptors (Lipinski definition) is 2. The molecule has 1 aromatic rings. The Morgan fingerprint density at radius 1 is 1.58 bits per heavy atom. The minimum Gasteiger partial charge on any atom is -0.448 e. The molecule has 1 aromatic heterocycles. The highest BCUT2D eigenvalue weighted by Gasteiger charge is 2.25. The first kappa shape index (κ1) is 8.14. The SMILES string of the molecule is N[C@@H](CC1CC1)c1ccc(Cl)o1. The minimum atomic E-state index is 0.0324. The Bertz CT molecular complexity index is 267. The van der Waals surface area contributed by atoms with Crippen LogP contribution in [0.3, 0.4) is 0 Å². The average Bonchev–Trinajstić information content (AvgIpc) is 2.72. The van der Waals surface area contributed by atoms with Gasteiger partial charge in [0.25, 0.3) is 0 Å². The Morgan fingerprint density at radius 2 is 2.33 bits per heavy atom. The van der Waals surface area contributed by atoms with Gasteiger partial charge in [0, 0.05) is 0 Å². The van der Waals surface area contributed by atoms with Crippen LogP contribution in [0.15, 0.2) is 16.5 Å². The summed E-state index contributed by atoms with van der Waals surface area (Å²) in [5.41, 5.74) is 5.90. The highest BCUT2D eigenvalue weighted by atomic mass is 35.5. The Morgan fingerprint density at radius 3 is 2.83 bits per heavy atom. The molecule has 3 heteroatoms. The molecule has 1 aliphatic rings. The normalized spacial score (nSPS) is 19.5. The van der Waals surface area contributed by atoms with Gasteiger partial charge in [0.05, 0.1) is 6.04 Å². The van der Waals surface area contributed by atoms with E-state index >= 15 is 0 Å². The molecule has 12 heavy (non-hydrogen) atoms. The first-order chi connectivity index (χ1) is 5.75. The van der Waals surface area contributed by atoms with E-state index in [0.29, 0.717) is 5.22 Å². The van der Waals surface area contributed by atoms with Crippen molar-refractivity contribution in [1.82, 2.24) is 0 Å². The van der Waals surface area contributed by atoms with Crippen molar-refractivity contribution in [2.45, 2.75) is 25.3 Å². The lowest BCUT2D eigenvalue weighted by Crippen LogP contribution is -2.09. The molecule has 0 bridgehead atoms. The molecule has 1 atom stereocenters. The molecule has 0 aliphatic heterocycles. The van der Waals surface area contributed by atoms with E-state index in [1.165, 1.54) is 12.8 Å². The summed E-state index contributed by atoms with van der Waals surface area (Å²) in [7, 11) is 0. The second kappa shape index (κ2) is 3.11. The average molecular weight is 186 g/mol. The highest BCUT2D eigenvalue weighted by Crippen LogP contribution is 2.37. The van der Waals surface area contributed by atoms with Crippen LogP contribution in [0.25, 0.3) is 0 Å². The van der Waals surface area contributed by atoms with Crippen LogP contribution in [-0.2, 0) is 0 Å². The van der Waals surface area contributed by atoms with E-state index in [0.717, 1.165) is 18.1 Å². The molecule has 1 fully saturated rings. The van der Waals surface area contributed by atoms with Gasteiger partial charge in [-0.2, -0.15) is 0 Å². The summed E-state index contributed by atoms with van der Waals surface area (Å²) < 4.78 is 5.21. The number of rotatable bonds is 3. The zero-order valence-electron chi connectivity index (χ0n) is 6.79. The van der Waals surface area contributed by atoms with Crippen LogP contribution in [0, 0.1) is 5.92 Å². The van der Waals surface area contributed by atoms with Gasteiger partial charge in [-0.25, -0.2) is 0 Å². The fraction of sp³-hybridized carbons (Fsp3) is 0.556. The maximum atomic E-state index is 5.90. The lowest BCUT2D eigenvalue weighted by atomic mass is 10.1. The zero-order valence-corrected chi connectivity index (χ0v) is 7.55. The maximum absolute atomic E-state index is 5.90. The van der Waals surface area contributed by atoms with E-state index in [1.807, 2.05) is 6.07 Å². The first-order valence-corrected chi connectivity index (χ1v) is 4.64. The minimum absolute atomic E-state index is 0.0324. The van der Waals surface area contributed by atoms with Gasteiger partial charge in [-0.05, 0) is 36.1 Å². The lowest BCUT2D eigenvalue weighted by molar-refractivity contribution is 0.441. The molecule has 1 saturated carbocycles. The Hall–Kier alpha value is -0.470. The molecule has 0 saturated heterocycles. The molecule has 2 rings (SSSR count). The largest absolute Gasteiger partial charge is 0.448 e. The molecule has 0 radical (unpaired) electrons. The van der Waals surface area contributed by atoms with E-state index in [2.05, 4.69) is 0 Å².